The number of cyclic esters (lactones) is 1. The topological polar surface area (TPSA) is 117 Å². The number of hydrogen-bond acceptors (Lipinski definition) is 8. The van der Waals surface area contributed by atoms with E-state index in [1.807, 2.05) is 32.0 Å². The number of aliphatic hydroxyl groups excluding tert-OH is 3. The molecule has 36 heavy (non-hydrogen) atoms. The lowest BCUT2D eigenvalue weighted by Crippen LogP contribution is -2.45. The summed E-state index contributed by atoms with van der Waals surface area (Å²) in [6, 6.07) is 5.68. The number of aromatic nitrogens is 1. The fraction of sp³-hybridized carbons (Fsp3) is 0.607. The SMILES string of the molecule is C/C1=C/C[C@@H](c2ccc3sc(CO)nc3c2)OC(=O)C[C@@H](O)C(C)(C)C(=O)[C@H](C)[C@@H](O)[C@@H](C)CCC1. The van der Waals surface area contributed by atoms with Crippen molar-refractivity contribution in [2.75, 3.05) is 0 Å². The van der Waals surface area contributed by atoms with Gasteiger partial charge in [0, 0.05) is 12.3 Å². The molecule has 5 atom stereocenters. The van der Waals surface area contributed by atoms with E-state index in [1.54, 1.807) is 20.8 Å². The molecule has 0 aliphatic carbocycles. The third-order valence-corrected chi connectivity index (χ3v) is 8.51. The van der Waals surface area contributed by atoms with Crippen molar-refractivity contribution in [1.82, 2.24) is 4.98 Å². The smallest absolute Gasteiger partial charge is 0.309 e. The number of Topliss-reactive ketones (excluding diaryl/α,β-unsaturated/α-hetero) is 1. The predicted molar refractivity (Wildman–Crippen MR) is 140 cm³/mol. The van der Waals surface area contributed by atoms with Gasteiger partial charge in [-0.1, -0.05) is 45.4 Å². The van der Waals surface area contributed by atoms with Gasteiger partial charge in [0.2, 0.25) is 0 Å². The van der Waals surface area contributed by atoms with Crippen LogP contribution in [0.25, 0.3) is 10.2 Å². The van der Waals surface area contributed by atoms with E-state index in [9.17, 15) is 24.9 Å². The summed E-state index contributed by atoms with van der Waals surface area (Å²) in [4.78, 5) is 30.6. The summed E-state index contributed by atoms with van der Waals surface area (Å²) >= 11 is 1.42. The minimum absolute atomic E-state index is 0.0658. The third-order valence-electron chi connectivity index (χ3n) is 7.48. The number of carbonyl (C=O) groups is 2. The van der Waals surface area contributed by atoms with E-state index in [0.717, 1.165) is 40.6 Å². The zero-order valence-electron chi connectivity index (χ0n) is 21.9. The van der Waals surface area contributed by atoms with Crippen LogP contribution in [-0.2, 0) is 20.9 Å². The summed E-state index contributed by atoms with van der Waals surface area (Å²) < 4.78 is 6.79. The van der Waals surface area contributed by atoms with E-state index in [4.69, 9.17) is 4.74 Å². The molecule has 0 radical (unpaired) electrons. The van der Waals surface area contributed by atoms with E-state index in [1.165, 1.54) is 11.3 Å². The van der Waals surface area contributed by atoms with Crippen LogP contribution < -0.4 is 0 Å². The van der Waals surface area contributed by atoms with Crippen LogP contribution in [0.15, 0.2) is 29.8 Å². The maximum Gasteiger partial charge on any atom is 0.309 e. The molecular formula is C28H39NO6S. The van der Waals surface area contributed by atoms with Gasteiger partial charge in [-0.05, 0) is 49.8 Å². The largest absolute Gasteiger partial charge is 0.457 e. The van der Waals surface area contributed by atoms with Crippen molar-refractivity contribution >= 4 is 33.3 Å². The molecule has 0 amide bonds. The van der Waals surface area contributed by atoms with Crippen molar-refractivity contribution in [2.24, 2.45) is 17.3 Å². The van der Waals surface area contributed by atoms with Gasteiger partial charge >= 0.3 is 5.97 Å². The number of hydrogen-bond donors (Lipinski definition) is 3. The number of benzene rings is 1. The average molecular weight is 518 g/mol. The Morgan fingerprint density at radius 3 is 2.61 bits per heavy atom. The van der Waals surface area contributed by atoms with Crippen LogP contribution in [0, 0.1) is 17.3 Å². The third kappa shape index (κ3) is 6.59. The highest BCUT2D eigenvalue weighted by atomic mass is 32.1. The second-order valence-electron chi connectivity index (χ2n) is 10.7. The fourth-order valence-electron chi connectivity index (χ4n) is 4.81. The molecule has 1 aliphatic heterocycles. The number of aliphatic hydroxyl groups is 3. The number of esters is 1. The Labute approximate surface area is 217 Å². The van der Waals surface area contributed by atoms with Gasteiger partial charge in [0.15, 0.2) is 0 Å². The highest BCUT2D eigenvalue weighted by Gasteiger charge is 2.42. The van der Waals surface area contributed by atoms with E-state index in [0.29, 0.717) is 11.4 Å². The molecule has 2 aromatic rings. The van der Waals surface area contributed by atoms with Crippen molar-refractivity contribution in [3.63, 3.8) is 0 Å². The van der Waals surface area contributed by atoms with Crippen molar-refractivity contribution in [3.05, 3.63) is 40.4 Å². The van der Waals surface area contributed by atoms with Crippen molar-refractivity contribution in [3.8, 4) is 0 Å². The summed E-state index contributed by atoms with van der Waals surface area (Å²) in [5.41, 5.74) is 1.46. The second-order valence-corrected chi connectivity index (χ2v) is 11.8. The first-order valence-corrected chi connectivity index (χ1v) is 13.5. The van der Waals surface area contributed by atoms with Crippen LogP contribution >= 0.6 is 11.3 Å². The summed E-state index contributed by atoms with van der Waals surface area (Å²) in [5, 5.41) is 31.7. The molecular weight excluding hydrogens is 478 g/mol. The lowest BCUT2D eigenvalue weighted by atomic mass is 9.73. The van der Waals surface area contributed by atoms with E-state index in [-0.39, 0.29) is 24.7 Å². The Morgan fingerprint density at radius 1 is 1.19 bits per heavy atom. The molecule has 0 fully saturated rings. The molecule has 1 aliphatic rings. The summed E-state index contributed by atoms with van der Waals surface area (Å²) in [5.74, 6) is -1.59. The molecule has 198 valence electrons. The average Bonchev–Trinajstić information content (AvgIpc) is 3.26. The number of allylic oxidation sites excluding steroid dienone is 1. The summed E-state index contributed by atoms with van der Waals surface area (Å²) in [6.07, 6.45) is 2.06. The number of rotatable bonds is 2. The van der Waals surface area contributed by atoms with Gasteiger partial charge in [-0.25, -0.2) is 4.98 Å². The Bertz CT molecular complexity index is 1110. The first-order chi connectivity index (χ1) is 16.9. The van der Waals surface area contributed by atoms with Crippen LogP contribution in [0.5, 0.6) is 0 Å². The molecule has 1 aromatic heterocycles. The zero-order valence-corrected chi connectivity index (χ0v) is 22.7. The number of nitrogens with zero attached hydrogens (tertiary/aromatic N) is 1. The fourth-order valence-corrected chi connectivity index (χ4v) is 5.62. The van der Waals surface area contributed by atoms with E-state index < -0.39 is 35.6 Å². The van der Waals surface area contributed by atoms with Crippen molar-refractivity contribution in [2.45, 2.75) is 91.6 Å². The van der Waals surface area contributed by atoms with Gasteiger partial charge in [0.25, 0.3) is 0 Å². The predicted octanol–water partition coefficient (Wildman–Crippen LogP) is 4.87. The molecule has 3 N–H and O–H groups in total. The molecule has 7 nitrogen and oxygen atoms in total. The molecule has 0 spiro atoms. The Hall–Kier alpha value is -2.13. The normalized spacial score (nSPS) is 30.6. The van der Waals surface area contributed by atoms with Gasteiger partial charge < -0.3 is 20.1 Å². The standard InChI is InChI=1S/C28H39NO6S/c1-16-7-6-8-17(2)26(33)18(3)27(34)28(4,5)23(31)14-25(32)35-21(11-9-16)19-10-12-22-20(13-19)29-24(15-30)36-22/h9-10,12-13,17-18,21,23,26,30-31,33H,6-8,11,14-15H2,1-5H3/b16-9-/t17-,18+,21-,23+,26-/m0/s1. The maximum atomic E-state index is 13.2. The Morgan fingerprint density at radius 2 is 1.92 bits per heavy atom. The lowest BCUT2D eigenvalue weighted by molar-refractivity contribution is -0.155. The van der Waals surface area contributed by atoms with Gasteiger partial charge in [0.1, 0.15) is 16.9 Å². The van der Waals surface area contributed by atoms with Gasteiger partial charge in [0.05, 0.1) is 40.9 Å². The van der Waals surface area contributed by atoms with Crippen LogP contribution in [0.1, 0.15) is 83.4 Å². The van der Waals surface area contributed by atoms with Gasteiger partial charge in [-0.3, -0.25) is 9.59 Å². The van der Waals surface area contributed by atoms with E-state index >= 15 is 0 Å². The van der Waals surface area contributed by atoms with Gasteiger partial charge in [-0.15, -0.1) is 11.3 Å². The molecule has 8 heteroatoms. The summed E-state index contributed by atoms with van der Waals surface area (Å²) in [7, 11) is 0. The molecule has 2 heterocycles. The quantitative estimate of drug-likeness (QED) is 0.384. The van der Waals surface area contributed by atoms with E-state index in [2.05, 4.69) is 11.1 Å². The lowest BCUT2D eigenvalue weighted by Gasteiger charge is -2.34. The molecule has 0 bridgehead atoms. The minimum atomic E-state index is -1.25. The number of carbonyl (C=O) groups excluding carboxylic acids is 2. The Balaban J connectivity index is 1.91. The maximum absolute atomic E-state index is 13.2. The number of thiazole rings is 1. The molecule has 0 unspecified atom stereocenters. The van der Waals surface area contributed by atoms with Crippen LogP contribution in [0.4, 0.5) is 0 Å². The number of ether oxygens (including phenoxy) is 1. The van der Waals surface area contributed by atoms with Crippen LogP contribution in [-0.4, -0.2) is 44.3 Å². The summed E-state index contributed by atoms with van der Waals surface area (Å²) in [6.45, 7) is 8.78. The van der Waals surface area contributed by atoms with Crippen molar-refractivity contribution < 1.29 is 29.6 Å². The number of ketones is 1. The van der Waals surface area contributed by atoms with Crippen LogP contribution in [0.3, 0.4) is 0 Å². The highest BCUT2D eigenvalue weighted by Crippen LogP contribution is 2.34. The highest BCUT2D eigenvalue weighted by molar-refractivity contribution is 7.18. The van der Waals surface area contributed by atoms with Crippen molar-refractivity contribution in [1.29, 1.82) is 0 Å². The Kier molecular flexibility index (Phi) is 9.44. The molecule has 0 saturated carbocycles. The zero-order chi connectivity index (χ0) is 26.6. The molecule has 0 saturated heterocycles. The second kappa shape index (κ2) is 11.9. The monoisotopic (exact) mass is 517 g/mol. The van der Waals surface area contributed by atoms with Crippen LogP contribution in [0.2, 0.25) is 0 Å². The number of fused-ring (bicyclic) bond motifs is 1. The first kappa shape index (κ1) is 28.4. The first-order valence-electron chi connectivity index (χ1n) is 12.7. The minimum Gasteiger partial charge on any atom is -0.457 e. The molecule has 3 rings (SSSR count). The molecule has 1 aromatic carbocycles. The van der Waals surface area contributed by atoms with Gasteiger partial charge in [-0.2, -0.15) is 0 Å².